The number of ether oxygens (including phenoxy) is 3. The Labute approximate surface area is 200 Å². The Bertz CT molecular complexity index is 1260. The van der Waals surface area contributed by atoms with E-state index in [0.29, 0.717) is 0 Å². The fraction of sp³-hybridized carbons (Fsp3) is 0.318. The lowest BCUT2D eigenvalue weighted by Gasteiger charge is -2.35. The Morgan fingerprint density at radius 3 is 2.37 bits per heavy atom. The Morgan fingerprint density at radius 2 is 1.77 bits per heavy atom. The minimum Gasteiger partial charge on any atom is -0.483 e. The van der Waals surface area contributed by atoms with Crippen LogP contribution in [0, 0.1) is 17.0 Å². The van der Waals surface area contributed by atoms with Crippen molar-refractivity contribution in [1.29, 1.82) is 0 Å². The zero-order valence-electron chi connectivity index (χ0n) is 18.9. The summed E-state index contributed by atoms with van der Waals surface area (Å²) in [6.45, 7) is 3.37. The molecule has 3 atom stereocenters. The molecule has 0 N–H and O–H groups in total. The standard InChI is InChI=1S/C22H22N2O10S/c1-13-4-6-16(7-5-13)35(29,30)31-12-21-22(33-15(3)26)20(32-14(2)25)10-19(34-21)17-8-9-23-11-18(17)24(27)28/h4-11,20-22H,12H2,1-3H3/t20-,21-,22+/m1/s1. The van der Waals surface area contributed by atoms with Crippen molar-refractivity contribution in [2.45, 2.75) is 44.0 Å². The number of rotatable bonds is 8. The van der Waals surface area contributed by atoms with Crippen LogP contribution in [0.15, 0.2) is 53.7 Å². The van der Waals surface area contributed by atoms with Gasteiger partial charge in [-0.05, 0) is 25.1 Å². The molecule has 1 aromatic carbocycles. The molecule has 0 aliphatic carbocycles. The van der Waals surface area contributed by atoms with Crippen molar-refractivity contribution in [2.24, 2.45) is 0 Å². The van der Waals surface area contributed by atoms with Crippen molar-refractivity contribution in [3.05, 3.63) is 70.0 Å². The number of esters is 2. The van der Waals surface area contributed by atoms with Gasteiger partial charge in [0.15, 0.2) is 18.3 Å². The van der Waals surface area contributed by atoms with Crippen LogP contribution >= 0.6 is 0 Å². The summed E-state index contributed by atoms with van der Waals surface area (Å²) in [7, 11) is -4.24. The number of aryl methyl sites for hydroxylation is 1. The van der Waals surface area contributed by atoms with Gasteiger partial charge >= 0.3 is 11.9 Å². The van der Waals surface area contributed by atoms with Crippen LogP contribution in [0.1, 0.15) is 25.0 Å². The minimum absolute atomic E-state index is 0.00480. The number of hydrogen-bond acceptors (Lipinski definition) is 11. The molecule has 0 fully saturated rings. The maximum absolute atomic E-state index is 12.7. The largest absolute Gasteiger partial charge is 0.483 e. The lowest BCUT2D eigenvalue weighted by molar-refractivity contribution is -0.385. The van der Waals surface area contributed by atoms with Gasteiger partial charge < -0.3 is 14.2 Å². The monoisotopic (exact) mass is 506 g/mol. The van der Waals surface area contributed by atoms with Gasteiger partial charge in [-0.3, -0.25) is 28.9 Å². The third-order valence-electron chi connectivity index (χ3n) is 4.85. The second-order valence-electron chi connectivity index (χ2n) is 7.54. The Morgan fingerprint density at radius 1 is 1.11 bits per heavy atom. The van der Waals surface area contributed by atoms with E-state index in [2.05, 4.69) is 4.98 Å². The van der Waals surface area contributed by atoms with Gasteiger partial charge in [0, 0.05) is 26.1 Å². The highest BCUT2D eigenvalue weighted by molar-refractivity contribution is 7.86. The molecule has 3 rings (SSSR count). The third-order valence-corrected chi connectivity index (χ3v) is 6.14. The van der Waals surface area contributed by atoms with Crippen LogP contribution in [0.2, 0.25) is 0 Å². The molecule has 0 bridgehead atoms. The SMILES string of the molecule is CC(=O)O[C@H]1[C@H](OC(C)=O)C=C(c2ccncc2[N+](=O)[O-])O[C@@H]1COS(=O)(=O)c1ccc(C)cc1. The first-order chi connectivity index (χ1) is 16.5. The zero-order valence-corrected chi connectivity index (χ0v) is 19.8. The number of aromatic nitrogens is 1. The molecule has 186 valence electrons. The molecular formula is C22H22N2O10S. The molecule has 35 heavy (non-hydrogen) atoms. The van der Waals surface area contributed by atoms with Crippen LogP contribution in [-0.2, 0) is 38.1 Å². The summed E-state index contributed by atoms with van der Waals surface area (Å²) in [5.41, 5.74) is 0.431. The van der Waals surface area contributed by atoms with E-state index < -0.39 is 57.6 Å². The van der Waals surface area contributed by atoms with Gasteiger partial charge in [-0.2, -0.15) is 8.42 Å². The first-order valence-corrected chi connectivity index (χ1v) is 11.7. The van der Waals surface area contributed by atoms with E-state index in [0.717, 1.165) is 25.6 Å². The number of benzene rings is 1. The second-order valence-corrected chi connectivity index (χ2v) is 9.15. The number of hydrogen-bond donors (Lipinski definition) is 0. The number of carbonyl (C=O) groups excluding carboxylic acids is 2. The molecule has 0 spiro atoms. The highest BCUT2D eigenvalue weighted by Gasteiger charge is 2.42. The van der Waals surface area contributed by atoms with Crippen molar-refractivity contribution >= 4 is 33.5 Å². The summed E-state index contributed by atoms with van der Waals surface area (Å²) in [5.74, 6) is -1.59. The van der Waals surface area contributed by atoms with Crippen LogP contribution in [0.5, 0.6) is 0 Å². The van der Waals surface area contributed by atoms with E-state index in [9.17, 15) is 28.1 Å². The first kappa shape index (κ1) is 25.8. The summed E-state index contributed by atoms with van der Waals surface area (Å²) in [6, 6.07) is 7.22. The Balaban J connectivity index is 1.98. The van der Waals surface area contributed by atoms with Crippen molar-refractivity contribution in [3.8, 4) is 0 Å². The average molecular weight is 506 g/mol. The second kappa shape index (κ2) is 10.6. The van der Waals surface area contributed by atoms with E-state index in [1.54, 1.807) is 19.1 Å². The first-order valence-electron chi connectivity index (χ1n) is 10.3. The molecule has 13 heteroatoms. The summed E-state index contributed by atoms with van der Waals surface area (Å²) in [6.07, 6.45) is -0.318. The summed E-state index contributed by atoms with van der Waals surface area (Å²) < 4.78 is 46.9. The summed E-state index contributed by atoms with van der Waals surface area (Å²) in [5, 5.41) is 11.5. The van der Waals surface area contributed by atoms with E-state index in [4.69, 9.17) is 18.4 Å². The van der Waals surface area contributed by atoms with Gasteiger partial charge in [0.05, 0.1) is 15.4 Å². The van der Waals surface area contributed by atoms with E-state index >= 15 is 0 Å². The molecule has 1 aliphatic heterocycles. The van der Waals surface area contributed by atoms with Crippen LogP contribution in [0.4, 0.5) is 5.69 Å². The summed E-state index contributed by atoms with van der Waals surface area (Å²) in [4.78, 5) is 37.9. The van der Waals surface area contributed by atoms with Gasteiger partial charge in [-0.15, -0.1) is 0 Å². The highest BCUT2D eigenvalue weighted by atomic mass is 32.2. The predicted octanol–water partition coefficient (Wildman–Crippen LogP) is 2.31. The highest BCUT2D eigenvalue weighted by Crippen LogP contribution is 2.34. The molecule has 2 aromatic rings. The topological polar surface area (TPSA) is 161 Å². The van der Waals surface area contributed by atoms with Crippen LogP contribution in [0.25, 0.3) is 5.76 Å². The van der Waals surface area contributed by atoms with Crippen LogP contribution < -0.4 is 0 Å². The maximum Gasteiger partial charge on any atom is 0.303 e. The lowest BCUT2D eigenvalue weighted by atomic mass is 10.0. The predicted molar refractivity (Wildman–Crippen MR) is 119 cm³/mol. The van der Waals surface area contributed by atoms with Gasteiger partial charge in [-0.1, -0.05) is 17.7 Å². The van der Waals surface area contributed by atoms with E-state index in [-0.39, 0.29) is 16.2 Å². The molecule has 12 nitrogen and oxygen atoms in total. The Hall–Kier alpha value is -3.84. The molecule has 1 aromatic heterocycles. The molecule has 0 saturated heterocycles. The molecule has 0 radical (unpaired) electrons. The Kier molecular flexibility index (Phi) is 7.82. The molecular weight excluding hydrogens is 484 g/mol. The molecule has 0 saturated carbocycles. The third kappa shape index (κ3) is 6.39. The van der Waals surface area contributed by atoms with E-state index in [1.165, 1.54) is 30.5 Å². The minimum atomic E-state index is -4.24. The van der Waals surface area contributed by atoms with Gasteiger partial charge in [0.25, 0.3) is 15.8 Å². The summed E-state index contributed by atoms with van der Waals surface area (Å²) >= 11 is 0. The number of nitro groups is 1. The number of pyridine rings is 1. The number of nitrogens with zero attached hydrogens (tertiary/aromatic N) is 2. The van der Waals surface area contributed by atoms with E-state index in [1.807, 2.05) is 0 Å². The van der Waals surface area contributed by atoms with Crippen molar-refractivity contribution in [2.75, 3.05) is 6.61 Å². The lowest BCUT2D eigenvalue weighted by Crippen LogP contribution is -2.48. The molecule has 0 unspecified atom stereocenters. The molecule has 1 aliphatic rings. The number of carbonyl (C=O) groups is 2. The molecule has 0 amide bonds. The normalized spacial score (nSPS) is 19.7. The fourth-order valence-corrected chi connectivity index (χ4v) is 4.22. The zero-order chi connectivity index (χ0) is 25.8. The smallest absolute Gasteiger partial charge is 0.303 e. The quantitative estimate of drug-likeness (QED) is 0.223. The maximum atomic E-state index is 12.7. The van der Waals surface area contributed by atoms with Crippen LogP contribution in [-0.4, -0.2) is 55.2 Å². The van der Waals surface area contributed by atoms with Gasteiger partial charge in [0.2, 0.25) is 0 Å². The van der Waals surface area contributed by atoms with Crippen molar-refractivity contribution in [1.82, 2.24) is 4.98 Å². The molecule has 2 heterocycles. The average Bonchev–Trinajstić information content (AvgIpc) is 2.78. The van der Waals surface area contributed by atoms with Crippen molar-refractivity contribution in [3.63, 3.8) is 0 Å². The fourth-order valence-electron chi connectivity index (χ4n) is 3.30. The van der Waals surface area contributed by atoms with Gasteiger partial charge in [0.1, 0.15) is 18.6 Å². The van der Waals surface area contributed by atoms with Crippen LogP contribution in [0.3, 0.4) is 0 Å². The van der Waals surface area contributed by atoms with Gasteiger partial charge in [-0.25, -0.2) is 0 Å². The van der Waals surface area contributed by atoms with Crippen molar-refractivity contribution < 1.29 is 41.3 Å².